The van der Waals surface area contributed by atoms with Crippen LogP contribution in [0.5, 0.6) is 0 Å². The fourth-order valence-corrected chi connectivity index (χ4v) is 2.45. The van der Waals surface area contributed by atoms with E-state index >= 15 is 0 Å². The van der Waals surface area contributed by atoms with Gasteiger partial charge in [0.25, 0.3) is 0 Å². The van der Waals surface area contributed by atoms with Crippen LogP contribution in [0.2, 0.25) is 0 Å². The fourth-order valence-electron chi connectivity index (χ4n) is 1.62. The molecule has 19 heavy (non-hydrogen) atoms. The van der Waals surface area contributed by atoms with Gasteiger partial charge in [0.05, 0.1) is 30.8 Å². The standard InChI is InChI=1S/C12H20N2O4S/c1-17-5-3-14(4-6-18-2)8-11-10(7-12(15)16)13-9-19-11/h9H,3-8H2,1-2H3,(H,15,16). The Balaban J connectivity index is 2.60. The number of nitrogens with zero attached hydrogens (tertiary/aromatic N) is 2. The van der Waals surface area contributed by atoms with Gasteiger partial charge in [-0.2, -0.15) is 0 Å². The summed E-state index contributed by atoms with van der Waals surface area (Å²) >= 11 is 1.49. The van der Waals surface area contributed by atoms with Crippen LogP contribution in [0.15, 0.2) is 5.51 Å². The molecule has 1 rings (SSSR count). The zero-order valence-electron chi connectivity index (χ0n) is 11.3. The number of aliphatic carboxylic acids is 1. The van der Waals surface area contributed by atoms with E-state index in [1.54, 1.807) is 19.7 Å². The van der Waals surface area contributed by atoms with Crippen molar-refractivity contribution >= 4 is 17.3 Å². The quantitative estimate of drug-likeness (QED) is 0.688. The van der Waals surface area contributed by atoms with E-state index in [1.807, 2.05) is 0 Å². The molecule has 0 unspecified atom stereocenters. The Labute approximate surface area is 117 Å². The first-order chi connectivity index (χ1) is 9.17. The average molecular weight is 288 g/mol. The van der Waals surface area contributed by atoms with Crippen molar-refractivity contribution in [2.75, 3.05) is 40.5 Å². The summed E-state index contributed by atoms with van der Waals surface area (Å²) in [5.74, 6) is -0.854. The zero-order valence-corrected chi connectivity index (χ0v) is 12.1. The number of aromatic nitrogens is 1. The maximum atomic E-state index is 10.8. The summed E-state index contributed by atoms with van der Waals surface area (Å²) in [5, 5.41) is 8.84. The summed E-state index contributed by atoms with van der Waals surface area (Å²) in [6.07, 6.45) is -0.0266. The summed E-state index contributed by atoms with van der Waals surface area (Å²) < 4.78 is 10.2. The van der Waals surface area contributed by atoms with Crippen LogP contribution in [-0.2, 0) is 27.2 Å². The number of hydrogen-bond donors (Lipinski definition) is 1. The number of rotatable bonds is 10. The number of methoxy groups -OCH3 is 2. The van der Waals surface area contributed by atoms with Crippen molar-refractivity contribution in [2.24, 2.45) is 0 Å². The van der Waals surface area contributed by atoms with Gasteiger partial charge >= 0.3 is 5.97 Å². The van der Waals surface area contributed by atoms with Crippen molar-refractivity contribution < 1.29 is 19.4 Å². The lowest BCUT2D eigenvalue weighted by Crippen LogP contribution is -2.30. The van der Waals surface area contributed by atoms with Crippen LogP contribution < -0.4 is 0 Å². The van der Waals surface area contributed by atoms with Crippen LogP contribution in [0.3, 0.4) is 0 Å². The second-order valence-corrected chi connectivity index (χ2v) is 4.99. The van der Waals surface area contributed by atoms with E-state index in [0.29, 0.717) is 25.5 Å². The SMILES string of the molecule is COCCN(CCOC)Cc1scnc1CC(=O)O. The van der Waals surface area contributed by atoms with E-state index in [2.05, 4.69) is 9.88 Å². The highest BCUT2D eigenvalue weighted by Crippen LogP contribution is 2.16. The summed E-state index contributed by atoms with van der Waals surface area (Å²) in [6, 6.07) is 0. The van der Waals surface area contributed by atoms with Crippen molar-refractivity contribution in [3.8, 4) is 0 Å². The highest BCUT2D eigenvalue weighted by Gasteiger charge is 2.13. The van der Waals surface area contributed by atoms with Gasteiger partial charge in [0.15, 0.2) is 0 Å². The molecule has 0 saturated heterocycles. The molecule has 0 spiro atoms. The lowest BCUT2D eigenvalue weighted by Gasteiger charge is -2.21. The number of hydrogen-bond acceptors (Lipinski definition) is 6. The van der Waals surface area contributed by atoms with Crippen molar-refractivity contribution in [2.45, 2.75) is 13.0 Å². The number of carbonyl (C=O) groups is 1. The molecule has 1 N–H and O–H groups in total. The first-order valence-corrected chi connectivity index (χ1v) is 6.88. The van der Waals surface area contributed by atoms with Crippen LogP contribution in [0.25, 0.3) is 0 Å². The Morgan fingerprint density at radius 2 is 2.00 bits per heavy atom. The molecule has 0 aliphatic carbocycles. The van der Waals surface area contributed by atoms with Crippen molar-refractivity contribution in [1.82, 2.24) is 9.88 Å². The predicted octanol–water partition coefficient (Wildman–Crippen LogP) is 0.865. The molecule has 1 aromatic rings. The van der Waals surface area contributed by atoms with Crippen molar-refractivity contribution in [3.63, 3.8) is 0 Å². The van der Waals surface area contributed by atoms with Crippen molar-refractivity contribution in [3.05, 3.63) is 16.1 Å². The van der Waals surface area contributed by atoms with Gasteiger partial charge in [-0.1, -0.05) is 0 Å². The molecule has 0 aliphatic heterocycles. The minimum atomic E-state index is -0.854. The lowest BCUT2D eigenvalue weighted by molar-refractivity contribution is -0.136. The molecule has 0 aromatic carbocycles. The molecular weight excluding hydrogens is 268 g/mol. The Bertz CT molecular complexity index is 376. The van der Waals surface area contributed by atoms with Gasteiger partial charge < -0.3 is 14.6 Å². The molecule has 1 aromatic heterocycles. The number of carboxylic acids is 1. The fraction of sp³-hybridized carbons (Fsp3) is 0.667. The highest BCUT2D eigenvalue weighted by atomic mass is 32.1. The molecule has 0 radical (unpaired) electrons. The molecular formula is C12H20N2O4S. The van der Waals surface area contributed by atoms with Crippen LogP contribution >= 0.6 is 11.3 Å². The third kappa shape index (κ3) is 6.11. The van der Waals surface area contributed by atoms with E-state index in [-0.39, 0.29) is 6.42 Å². The Morgan fingerprint density at radius 3 is 2.53 bits per heavy atom. The Morgan fingerprint density at radius 1 is 1.37 bits per heavy atom. The Hall–Kier alpha value is -1.02. The van der Waals surface area contributed by atoms with Crippen LogP contribution in [0, 0.1) is 0 Å². The van der Waals surface area contributed by atoms with Gasteiger partial charge in [0, 0.05) is 38.7 Å². The van der Waals surface area contributed by atoms with Gasteiger partial charge in [0.2, 0.25) is 0 Å². The van der Waals surface area contributed by atoms with E-state index in [0.717, 1.165) is 18.0 Å². The topological polar surface area (TPSA) is 71.9 Å². The van der Waals surface area contributed by atoms with Gasteiger partial charge in [-0.15, -0.1) is 11.3 Å². The predicted molar refractivity (Wildman–Crippen MR) is 72.5 cm³/mol. The maximum absolute atomic E-state index is 10.8. The molecule has 0 bridgehead atoms. The van der Waals surface area contributed by atoms with Gasteiger partial charge in [-0.25, -0.2) is 4.98 Å². The monoisotopic (exact) mass is 288 g/mol. The molecule has 0 atom stereocenters. The first-order valence-electron chi connectivity index (χ1n) is 6.00. The average Bonchev–Trinajstić information content (AvgIpc) is 2.79. The maximum Gasteiger partial charge on any atom is 0.309 e. The number of carboxylic acid groups (broad SMARTS) is 1. The number of thiazole rings is 1. The molecule has 0 saturated carbocycles. The second-order valence-electron chi connectivity index (χ2n) is 4.05. The third-order valence-corrected chi connectivity index (χ3v) is 3.49. The minimum absolute atomic E-state index is 0.0266. The van der Waals surface area contributed by atoms with Crippen LogP contribution in [0.1, 0.15) is 10.6 Å². The Kier molecular flexibility index (Phi) is 7.57. The van der Waals surface area contributed by atoms with Gasteiger partial charge in [0.1, 0.15) is 0 Å². The molecule has 7 heteroatoms. The molecule has 0 aliphatic rings. The van der Waals surface area contributed by atoms with Gasteiger partial charge in [-0.3, -0.25) is 9.69 Å². The minimum Gasteiger partial charge on any atom is -0.481 e. The third-order valence-electron chi connectivity index (χ3n) is 2.63. The van der Waals surface area contributed by atoms with Crippen LogP contribution in [0.4, 0.5) is 0 Å². The molecule has 0 amide bonds. The largest absolute Gasteiger partial charge is 0.481 e. The van der Waals surface area contributed by atoms with E-state index in [1.165, 1.54) is 11.3 Å². The summed E-state index contributed by atoms with van der Waals surface area (Å²) in [6.45, 7) is 3.52. The zero-order chi connectivity index (χ0) is 14.1. The highest BCUT2D eigenvalue weighted by molar-refractivity contribution is 7.09. The van der Waals surface area contributed by atoms with E-state index in [9.17, 15) is 4.79 Å². The summed E-state index contributed by atoms with van der Waals surface area (Å²) in [7, 11) is 3.33. The van der Waals surface area contributed by atoms with E-state index < -0.39 is 5.97 Å². The van der Waals surface area contributed by atoms with Crippen molar-refractivity contribution in [1.29, 1.82) is 0 Å². The van der Waals surface area contributed by atoms with Crippen LogP contribution in [-0.4, -0.2) is 61.5 Å². The molecule has 1 heterocycles. The van der Waals surface area contributed by atoms with E-state index in [4.69, 9.17) is 14.6 Å². The smallest absolute Gasteiger partial charge is 0.309 e. The first kappa shape index (κ1) is 16.0. The second kappa shape index (κ2) is 8.98. The normalized spacial score (nSPS) is 11.1. The number of ether oxygens (including phenoxy) is 2. The molecule has 0 fully saturated rings. The van der Waals surface area contributed by atoms with Gasteiger partial charge in [-0.05, 0) is 0 Å². The summed E-state index contributed by atoms with van der Waals surface area (Å²) in [5.41, 5.74) is 2.34. The lowest BCUT2D eigenvalue weighted by atomic mass is 10.2. The molecule has 108 valence electrons. The summed E-state index contributed by atoms with van der Waals surface area (Å²) in [4.78, 5) is 18.0. The molecule has 6 nitrogen and oxygen atoms in total.